The molecule has 0 aliphatic carbocycles. The first kappa shape index (κ1) is 23.1. The monoisotopic (exact) mass is 462 g/mol. The van der Waals surface area contributed by atoms with E-state index in [1.165, 1.54) is 23.8 Å². The maximum Gasteiger partial charge on any atom is 0.408 e. The van der Waals surface area contributed by atoms with E-state index in [1.54, 1.807) is 13.1 Å². The van der Waals surface area contributed by atoms with Gasteiger partial charge in [-0.25, -0.2) is 14.5 Å². The quantitative estimate of drug-likeness (QED) is 0.545. The third-order valence-electron chi connectivity index (χ3n) is 5.88. The number of nitrogens with one attached hydrogen (secondary N) is 1. The normalized spacial score (nSPS) is 15.7. The van der Waals surface area contributed by atoms with Crippen molar-refractivity contribution in [2.24, 2.45) is 0 Å². The van der Waals surface area contributed by atoms with Crippen molar-refractivity contribution in [2.45, 2.75) is 64.6 Å². The number of anilines is 3. The van der Waals surface area contributed by atoms with Crippen molar-refractivity contribution in [3.05, 3.63) is 35.3 Å². The van der Waals surface area contributed by atoms with Crippen molar-refractivity contribution in [3.8, 4) is 0 Å². The van der Waals surface area contributed by atoms with E-state index in [9.17, 15) is 13.2 Å². The number of rotatable bonds is 7. The molecule has 4 heterocycles. The second kappa shape index (κ2) is 9.40. The SMILES string of the molecule is CCC[C@H](Nc1nc(N)c2ncc(Cc3cnc(N4CCCCC4)c(C)c3)n2n1)C(F)(F)F. The number of hydrogen-bond acceptors (Lipinski definition) is 7. The van der Waals surface area contributed by atoms with E-state index in [-0.39, 0.29) is 18.2 Å². The summed E-state index contributed by atoms with van der Waals surface area (Å²) >= 11 is 0. The number of imidazole rings is 1. The topological polar surface area (TPSA) is 97.3 Å². The van der Waals surface area contributed by atoms with Crippen LogP contribution >= 0.6 is 0 Å². The fraction of sp³-hybridized carbons (Fsp3) is 0.545. The van der Waals surface area contributed by atoms with E-state index in [1.807, 2.05) is 13.1 Å². The zero-order chi connectivity index (χ0) is 23.6. The highest BCUT2D eigenvalue weighted by molar-refractivity contribution is 5.61. The summed E-state index contributed by atoms with van der Waals surface area (Å²) in [5.41, 5.74) is 9.02. The number of piperidine rings is 1. The predicted molar refractivity (Wildman–Crippen MR) is 121 cm³/mol. The van der Waals surface area contributed by atoms with Crippen molar-refractivity contribution >= 4 is 23.2 Å². The van der Waals surface area contributed by atoms with Crippen LogP contribution in [0.5, 0.6) is 0 Å². The molecule has 178 valence electrons. The fourth-order valence-corrected chi connectivity index (χ4v) is 4.26. The standard InChI is InChI=1S/C22H29F3N8/c1-3-7-17(22(23,24)25)29-21-30-18(26)20-28-13-16(33(20)31-21)11-15-10-14(2)19(27-12-15)32-8-5-4-6-9-32/h10,12-13,17H,3-9,11H2,1-2H3,(H3,26,29,30,31)/t17-/m0/s1. The molecule has 3 N–H and O–H groups in total. The molecule has 3 aromatic rings. The van der Waals surface area contributed by atoms with Gasteiger partial charge in [-0.3, -0.25) is 0 Å². The molecule has 33 heavy (non-hydrogen) atoms. The molecular weight excluding hydrogens is 433 g/mol. The molecule has 3 aromatic heterocycles. The highest BCUT2D eigenvalue weighted by atomic mass is 19.4. The van der Waals surface area contributed by atoms with Crippen LogP contribution in [0.1, 0.15) is 55.8 Å². The lowest BCUT2D eigenvalue weighted by Crippen LogP contribution is -2.37. The maximum atomic E-state index is 13.3. The van der Waals surface area contributed by atoms with Crippen molar-refractivity contribution in [3.63, 3.8) is 0 Å². The molecule has 1 aliphatic heterocycles. The van der Waals surface area contributed by atoms with Crippen molar-refractivity contribution in [2.75, 3.05) is 29.0 Å². The van der Waals surface area contributed by atoms with Gasteiger partial charge in [0.2, 0.25) is 5.95 Å². The Hall–Kier alpha value is -3.11. The Balaban J connectivity index is 1.59. The van der Waals surface area contributed by atoms with Crippen LogP contribution < -0.4 is 16.0 Å². The highest BCUT2D eigenvalue weighted by Gasteiger charge is 2.39. The summed E-state index contributed by atoms with van der Waals surface area (Å²) in [5, 5.41) is 6.66. The highest BCUT2D eigenvalue weighted by Crippen LogP contribution is 2.27. The summed E-state index contributed by atoms with van der Waals surface area (Å²) < 4.78 is 41.5. The predicted octanol–water partition coefficient (Wildman–Crippen LogP) is 4.13. The lowest BCUT2D eigenvalue weighted by molar-refractivity contribution is -0.143. The van der Waals surface area contributed by atoms with Crippen LogP contribution in [0.25, 0.3) is 5.65 Å². The van der Waals surface area contributed by atoms with Gasteiger partial charge in [0.1, 0.15) is 11.9 Å². The Morgan fingerprint density at radius 1 is 1.15 bits per heavy atom. The Labute approximate surface area is 190 Å². The molecule has 0 amide bonds. The average molecular weight is 463 g/mol. The van der Waals surface area contributed by atoms with E-state index in [0.29, 0.717) is 24.2 Å². The van der Waals surface area contributed by atoms with Crippen LogP contribution in [0, 0.1) is 6.92 Å². The van der Waals surface area contributed by atoms with Gasteiger partial charge in [-0.15, -0.1) is 5.10 Å². The second-order valence-corrected chi connectivity index (χ2v) is 8.54. The summed E-state index contributed by atoms with van der Waals surface area (Å²) in [5.74, 6) is 0.847. The Bertz CT molecular complexity index is 1100. The van der Waals surface area contributed by atoms with Crippen LogP contribution in [0.2, 0.25) is 0 Å². The smallest absolute Gasteiger partial charge is 0.380 e. The van der Waals surface area contributed by atoms with Crippen LogP contribution in [0.4, 0.5) is 30.8 Å². The van der Waals surface area contributed by atoms with Crippen molar-refractivity contribution in [1.29, 1.82) is 0 Å². The number of aryl methyl sites for hydroxylation is 1. The molecule has 0 spiro atoms. The molecule has 0 unspecified atom stereocenters. The summed E-state index contributed by atoms with van der Waals surface area (Å²) in [6, 6.07) is 0.335. The third kappa shape index (κ3) is 5.12. The van der Waals surface area contributed by atoms with Crippen LogP contribution in [0.15, 0.2) is 18.5 Å². The average Bonchev–Trinajstić information content (AvgIpc) is 3.17. The Morgan fingerprint density at radius 3 is 2.58 bits per heavy atom. The molecule has 1 atom stereocenters. The number of hydrogen-bond donors (Lipinski definition) is 2. The number of alkyl halides is 3. The van der Waals surface area contributed by atoms with Crippen molar-refractivity contribution in [1.82, 2.24) is 24.6 Å². The summed E-state index contributed by atoms with van der Waals surface area (Å²) in [6.45, 7) is 5.77. The number of nitrogens with zero attached hydrogens (tertiary/aromatic N) is 6. The lowest BCUT2D eigenvalue weighted by atomic mass is 10.1. The van der Waals surface area contributed by atoms with Gasteiger partial charge in [0.25, 0.3) is 0 Å². The molecule has 4 rings (SSSR count). The molecule has 11 heteroatoms. The van der Waals surface area contributed by atoms with Crippen LogP contribution in [-0.2, 0) is 6.42 Å². The van der Waals surface area contributed by atoms with Gasteiger partial charge in [-0.05, 0) is 43.7 Å². The molecule has 8 nitrogen and oxygen atoms in total. The van der Waals surface area contributed by atoms with Gasteiger partial charge >= 0.3 is 6.18 Å². The number of nitrogen functional groups attached to an aromatic ring is 1. The number of pyridine rings is 1. The minimum atomic E-state index is -4.42. The Kier molecular flexibility index (Phi) is 6.57. The van der Waals surface area contributed by atoms with Gasteiger partial charge < -0.3 is 16.0 Å². The summed E-state index contributed by atoms with van der Waals surface area (Å²) in [7, 11) is 0. The molecule has 1 fully saturated rings. The minimum Gasteiger partial charge on any atom is -0.380 e. The van der Waals surface area contributed by atoms with Crippen molar-refractivity contribution < 1.29 is 13.2 Å². The zero-order valence-electron chi connectivity index (χ0n) is 18.9. The molecule has 0 saturated carbocycles. The van der Waals surface area contributed by atoms with E-state index in [0.717, 1.165) is 30.0 Å². The number of fused-ring (bicyclic) bond motifs is 1. The molecule has 0 radical (unpaired) electrons. The summed E-state index contributed by atoms with van der Waals surface area (Å²) in [4.78, 5) is 15.3. The molecule has 1 aliphatic rings. The first-order chi connectivity index (χ1) is 15.8. The van der Waals surface area contributed by atoms with Gasteiger partial charge in [-0.2, -0.15) is 18.2 Å². The molecule has 0 bridgehead atoms. The molecule has 1 saturated heterocycles. The number of nitrogens with two attached hydrogens (primary N) is 1. The Morgan fingerprint density at radius 2 is 1.91 bits per heavy atom. The maximum absolute atomic E-state index is 13.3. The fourth-order valence-electron chi connectivity index (χ4n) is 4.26. The third-order valence-corrected chi connectivity index (χ3v) is 5.88. The molecule has 0 aromatic carbocycles. The molecular formula is C22H29F3N8. The first-order valence-corrected chi connectivity index (χ1v) is 11.3. The van der Waals surface area contributed by atoms with E-state index in [2.05, 4.69) is 36.3 Å². The number of aromatic nitrogens is 5. The first-order valence-electron chi connectivity index (χ1n) is 11.3. The van der Waals surface area contributed by atoms with E-state index >= 15 is 0 Å². The zero-order valence-corrected chi connectivity index (χ0v) is 18.9. The van der Waals surface area contributed by atoms with E-state index in [4.69, 9.17) is 5.73 Å². The van der Waals surface area contributed by atoms with Gasteiger partial charge in [0.15, 0.2) is 11.5 Å². The number of halogens is 3. The van der Waals surface area contributed by atoms with Gasteiger partial charge in [0.05, 0.1) is 11.9 Å². The lowest BCUT2D eigenvalue weighted by Gasteiger charge is -2.29. The second-order valence-electron chi connectivity index (χ2n) is 8.54. The summed E-state index contributed by atoms with van der Waals surface area (Å²) in [6.07, 6.45) is 3.38. The minimum absolute atomic E-state index is 0.0194. The van der Waals surface area contributed by atoms with Gasteiger partial charge in [0, 0.05) is 25.7 Å². The largest absolute Gasteiger partial charge is 0.408 e. The van der Waals surface area contributed by atoms with E-state index < -0.39 is 12.2 Å². The van der Waals surface area contributed by atoms with Crippen LogP contribution in [0.3, 0.4) is 0 Å². The van der Waals surface area contributed by atoms with Crippen LogP contribution in [-0.4, -0.2) is 49.9 Å². The van der Waals surface area contributed by atoms with Gasteiger partial charge in [-0.1, -0.05) is 19.4 Å².